The third kappa shape index (κ3) is 4.57. The normalized spacial score (nSPS) is 12.0. The average molecular weight is 455 g/mol. The van der Waals surface area contributed by atoms with E-state index in [1.807, 2.05) is 13.8 Å². The van der Waals surface area contributed by atoms with Gasteiger partial charge in [-0.1, -0.05) is 0 Å². The van der Waals surface area contributed by atoms with Crippen molar-refractivity contribution >= 4 is 26.2 Å². The number of halogens is 1. The number of nitrogens with zero attached hydrogens (tertiary/aromatic N) is 4. The minimum Gasteiger partial charge on any atom is -0.496 e. The van der Waals surface area contributed by atoms with Crippen LogP contribution in [0.25, 0.3) is 0 Å². The first-order valence-electron chi connectivity index (χ1n) is 8.47. The zero-order chi connectivity index (χ0) is 22.1. The molecule has 0 fully saturated rings. The fraction of sp³-hybridized carbons (Fsp3) is 0.235. The number of aryl methyl sites for hydroxylation is 1. The smallest absolute Gasteiger partial charge is 0.332 e. The molecule has 0 amide bonds. The van der Waals surface area contributed by atoms with E-state index >= 15 is 0 Å². The summed E-state index contributed by atoms with van der Waals surface area (Å²) in [5.74, 6) is 0.522. The molecule has 1 aromatic carbocycles. The molecule has 3 aromatic rings. The second kappa shape index (κ2) is 7.99. The van der Waals surface area contributed by atoms with Crippen LogP contribution in [0.4, 0.5) is 9.83 Å². The Labute approximate surface area is 173 Å². The maximum absolute atomic E-state index is 12.9. The molecule has 0 saturated carbocycles. The lowest BCUT2D eigenvalue weighted by Gasteiger charge is -2.11. The number of methoxy groups -OCH3 is 1. The van der Waals surface area contributed by atoms with E-state index in [0.717, 1.165) is 35.4 Å². The van der Waals surface area contributed by atoms with Crippen LogP contribution in [-0.4, -0.2) is 43.7 Å². The molecule has 0 atom stereocenters. The molecular formula is C17H18FN5O5S2. The Balaban J connectivity index is 1.78. The first kappa shape index (κ1) is 21.6. The molecule has 10 nitrogen and oxygen atoms in total. The molecule has 0 aliphatic heterocycles. The Kier molecular flexibility index (Phi) is 5.76. The monoisotopic (exact) mass is 455 g/mol. The number of hydrogen-bond acceptors (Lipinski definition) is 8. The van der Waals surface area contributed by atoms with Gasteiger partial charge in [-0.2, -0.15) is 13.4 Å². The number of hydrogen-bond donors (Lipinski definition) is 1. The van der Waals surface area contributed by atoms with E-state index in [1.165, 1.54) is 11.0 Å². The van der Waals surface area contributed by atoms with Gasteiger partial charge in [0.05, 0.1) is 29.1 Å². The summed E-state index contributed by atoms with van der Waals surface area (Å²) in [6.45, 7) is 3.97. The number of ether oxygens (including phenoxy) is 1. The molecule has 0 saturated heterocycles. The van der Waals surface area contributed by atoms with Gasteiger partial charge in [0, 0.05) is 17.3 Å². The van der Waals surface area contributed by atoms with Crippen molar-refractivity contribution in [2.45, 2.75) is 30.2 Å². The summed E-state index contributed by atoms with van der Waals surface area (Å²) in [5, 5.41) is 4.07. The minimum absolute atomic E-state index is 0.186. The van der Waals surface area contributed by atoms with Gasteiger partial charge in [-0.3, -0.25) is 4.98 Å². The van der Waals surface area contributed by atoms with Crippen LogP contribution in [-0.2, 0) is 26.8 Å². The molecule has 0 radical (unpaired) electrons. The highest BCUT2D eigenvalue weighted by Gasteiger charge is 2.19. The van der Waals surface area contributed by atoms with Crippen LogP contribution in [0.15, 0.2) is 46.6 Å². The van der Waals surface area contributed by atoms with Gasteiger partial charge in [-0.15, -0.1) is 8.98 Å². The first-order valence-corrected chi connectivity index (χ1v) is 11.3. The van der Waals surface area contributed by atoms with Crippen molar-refractivity contribution in [3.63, 3.8) is 0 Å². The summed E-state index contributed by atoms with van der Waals surface area (Å²) >= 11 is 0. The van der Waals surface area contributed by atoms with Crippen molar-refractivity contribution in [2.75, 3.05) is 11.8 Å². The van der Waals surface area contributed by atoms with Gasteiger partial charge in [0.15, 0.2) is 0 Å². The summed E-state index contributed by atoms with van der Waals surface area (Å²) in [7, 11) is -7.45. The number of rotatable bonds is 7. The molecule has 1 N–H and O–H groups in total. The zero-order valence-corrected chi connectivity index (χ0v) is 17.8. The third-order valence-electron chi connectivity index (χ3n) is 4.24. The van der Waals surface area contributed by atoms with Crippen molar-refractivity contribution in [1.82, 2.24) is 19.7 Å². The van der Waals surface area contributed by atoms with Crippen molar-refractivity contribution in [3.05, 3.63) is 53.6 Å². The van der Waals surface area contributed by atoms with E-state index in [2.05, 4.69) is 19.8 Å². The lowest BCUT2D eigenvalue weighted by Crippen LogP contribution is -2.14. The molecule has 2 heterocycles. The summed E-state index contributed by atoms with van der Waals surface area (Å²) < 4.78 is 68.5. The molecule has 3 rings (SSSR count). The van der Waals surface area contributed by atoms with Gasteiger partial charge in [-0.25, -0.2) is 17.8 Å². The van der Waals surface area contributed by atoms with E-state index in [1.54, 1.807) is 13.3 Å². The zero-order valence-electron chi connectivity index (χ0n) is 16.2. The van der Waals surface area contributed by atoms with E-state index in [9.17, 15) is 20.7 Å². The lowest BCUT2D eigenvalue weighted by molar-refractivity contribution is 0.406. The average Bonchev–Trinajstić information content (AvgIpc) is 3.10. The Morgan fingerprint density at radius 3 is 2.30 bits per heavy atom. The molecule has 0 unspecified atom stereocenters. The van der Waals surface area contributed by atoms with E-state index < -0.39 is 25.1 Å². The van der Waals surface area contributed by atoms with Crippen LogP contribution >= 0.6 is 0 Å². The molecule has 0 spiro atoms. The second-order valence-corrected chi connectivity index (χ2v) is 9.36. The van der Waals surface area contributed by atoms with Crippen LogP contribution in [0.2, 0.25) is 0 Å². The fourth-order valence-electron chi connectivity index (χ4n) is 2.76. The van der Waals surface area contributed by atoms with Gasteiger partial charge in [0.2, 0.25) is 0 Å². The standard InChI is InChI=1S/C17H18FN5O5S2/c1-11-8-19-15(12(2)16(11)28-3)9-23-10-20-17(21-23)22-30(26,27)14-6-4-13(5-7-14)29(18,24)25/h4-8,10H,9H2,1-3H3,(H,21,22). The second-order valence-electron chi connectivity index (χ2n) is 6.33. The highest BCUT2D eigenvalue weighted by Crippen LogP contribution is 2.24. The first-order chi connectivity index (χ1) is 14.0. The molecular weight excluding hydrogens is 437 g/mol. The molecule has 160 valence electrons. The summed E-state index contributed by atoms with van der Waals surface area (Å²) in [6, 6.07) is 3.65. The lowest BCUT2D eigenvalue weighted by atomic mass is 10.1. The molecule has 13 heteroatoms. The van der Waals surface area contributed by atoms with Crippen LogP contribution < -0.4 is 9.46 Å². The summed E-state index contributed by atoms with van der Waals surface area (Å²) in [4.78, 5) is 7.36. The van der Waals surface area contributed by atoms with Crippen LogP contribution in [0.3, 0.4) is 0 Å². The summed E-state index contributed by atoms with van der Waals surface area (Å²) in [6.07, 6.45) is 3.01. The van der Waals surface area contributed by atoms with Gasteiger partial charge >= 0.3 is 10.2 Å². The highest BCUT2D eigenvalue weighted by atomic mass is 32.3. The van der Waals surface area contributed by atoms with Crippen LogP contribution in [0.5, 0.6) is 5.75 Å². The van der Waals surface area contributed by atoms with E-state index in [0.29, 0.717) is 11.4 Å². The van der Waals surface area contributed by atoms with Crippen molar-refractivity contribution < 1.29 is 25.5 Å². The molecule has 0 aliphatic carbocycles. The van der Waals surface area contributed by atoms with Gasteiger partial charge in [-0.05, 0) is 38.1 Å². The Bertz CT molecular complexity index is 1290. The largest absolute Gasteiger partial charge is 0.496 e. The van der Waals surface area contributed by atoms with Gasteiger partial charge < -0.3 is 4.74 Å². The fourth-order valence-corrected chi connectivity index (χ4v) is 4.17. The third-order valence-corrected chi connectivity index (χ3v) is 6.42. The van der Waals surface area contributed by atoms with Gasteiger partial charge in [0.1, 0.15) is 12.1 Å². The number of sulfonamides is 1. The van der Waals surface area contributed by atoms with Crippen LogP contribution in [0.1, 0.15) is 16.8 Å². The SMILES string of the molecule is COc1c(C)cnc(Cn2cnc(NS(=O)(=O)c3ccc(S(=O)(=O)F)cc3)n2)c1C. The Hall–Kier alpha value is -3.06. The van der Waals surface area contributed by atoms with E-state index in [-0.39, 0.29) is 17.4 Å². The predicted octanol–water partition coefficient (Wildman–Crippen LogP) is 1.81. The maximum atomic E-state index is 12.9. The Morgan fingerprint density at radius 2 is 1.70 bits per heavy atom. The van der Waals surface area contributed by atoms with Crippen LogP contribution in [0, 0.1) is 13.8 Å². The molecule has 30 heavy (non-hydrogen) atoms. The van der Waals surface area contributed by atoms with Crippen molar-refractivity contribution in [2.24, 2.45) is 0 Å². The number of anilines is 1. The molecule has 0 aliphatic rings. The highest BCUT2D eigenvalue weighted by molar-refractivity contribution is 7.92. The van der Waals surface area contributed by atoms with Gasteiger partial charge in [0.25, 0.3) is 16.0 Å². The van der Waals surface area contributed by atoms with Crippen molar-refractivity contribution in [3.8, 4) is 5.75 Å². The molecule has 2 aromatic heterocycles. The number of benzene rings is 1. The van der Waals surface area contributed by atoms with E-state index in [4.69, 9.17) is 4.74 Å². The number of pyridine rings is 1. The predicted molar refractivity (Wildman–Crippen MR) is 105 cm³/mol. The Morgan fingerprint density at radius 1 is 1.07 bits per heavy atom. The minimum atomic E-state index is -4.92. The molecule has 0 bridgehead atoms. The number of nitrogens with one attached hydrogen (secondary N) is 1. The quantitative estimate of drug-likeness (QED) is 0.533. The summed E-state index contributed by atoms with van der Waals surface area (Å²) in [5.41, 5.74) is 2.40. The number of aromatic nitrogens is 4. The maximum Gasteiger partial charge on any atom is 0.332 e. The topological polar surface area (TPSA) is 133 Å². The van der Waals surface area contributed by atoms with Crippen molar-refractivity contribution in [1.29, 1.82) is 0 Å².